The van der Waals surface area contributed by atoms with Crippen LogP contribution in [0.5, 0.6) is 5.75 Å². The van der Waals surface area contributed by atoms with Crippen LogP contribution in [0.1, 0.15) is 5.56 Å². The Morgan fingerprint density at radius 2 is 1.74 bits per heavy atom. The zero-order chi connectivity index (χ0) is 18.9. The highest BCUT2D eigenvalue weighted by Gasteiger charge is 2.29. The number of piperazine rings is 1. The fourth-order valence-corrected chi connectivity index (χ4v) is 4.79. The summed E-state index contributed by atoms with van der Waals surface area (Å²) in [6.45, 7) is 3.00. The number of sulfonamides is 1. The van der Waals surface area contributed by atoms with E-state index in [-0.39, 0.29) is 17.4 Å². The second kappa shape index (κ2) is 7.30. The first-order valence-corrected chi connectivity index (χ1v) is 10.3. The SMILES string of the molecule is O=C1COc2ccc(S(=O)(=O)N3CCN(Cc4ccccc4)CC3)cc2N1. The molecular weight excluding hydrogens is 366 g/mol. The van der Waals surface area contributed by atoms with Crippen molar-refractivity contribution in [2.75, 3.05) is 38.1 Å². The number of anilines is 1. The largest absolute Gasteiger partial charge is 0.482 e. The Labute approximate surface area is 158 Å². The van der Waals surface area contributed by atoms with Gasteiger partial charge in [0.05, 0.1) is 10.6 Å². The molecule has 1 fully saturated rings. The van der Waals surface area contributed by atoms with E-state index in [1.165, 1.54) is 22.0 Å². The Morgan fingerprint density at radius 1 is 1.00 bits per heavy atom. The summed E-state index contributed by atoms with van der Waals surface area (Å²) in [5.41, 5.74) is 1.62. The van der Waals surface area contributed by atoms with Gasteiger partial charge in [0.2, 0.25) is 10.0 Å². The topological polar surface area (TPSA) is 79.0 Å². The number of carbonyl (C=O) groups is 1. The highest BCUT2D eigenvalue weighted by molar-refractivity contribution is 7.89. The lowest BCUT2D eigenvalue weighted by atomic mass is 10.2. The lowest BCUT2D eigenvalue weighted by molar-refractivity contribution is -0.118. The number of hydrogen-bond donors (Lipinski definition) is 1. The molecule has 2 aliphatic rings. The molecule has 7 nitrogen and oxygen atoms in total. The molecule has 27 heavy (non-hydrogen) atoms. The van der Waals surface area contributed by atoms with Crippen LogP contribution in [0.4, 0.5) is 5.69 Å². The van der Waals surface area contributed by atoms with Gasteiger partial charge in [-0.05, 0) is 23.8 Å². The summed E-state index contributed by atoms with van der Waals surface area (Å²) in [7, 11) is -3.61. The molecule has 1 saturated heterocycles. The van der Waals surface area contributed by atoms with Crippen LogP contribution in [0.3, 0.4) is 0 Å². The highest BCUT2D eigenvalue weighted by Crippen LogP contribution is 2.31. The van der Waals surface area contributed by atoms with Gasteiger partial charge in [-0.1, -0.05) is 30.3 Å². The van der Waals surface area contributed by atoms with Gasteiger partial charge in [0, 0.05) is 32.7 Å². The number of amides is 1. The van der Waals surface area contributed by atoms with Crippen molar-refractivity contribution in [3.05, 3.63) is 54.1 Å². The Bertz CT molecular complexity index is 939. The molecular formula is C19H21N3O4S. The van der Waals surface area contributed by atoms with Crippen LogP contribution in [0, 0.1) is 0 Å². The standard InChI is InChI=1S/C19H21N3O4S/c23-19-14-26-18-7-6-16(12-17(18)20-19)27(24,25)22-10-8-21(9-11-22)13-15-4-2-1-3-5-15/h1-7,12H,8-11,13-14H2,(H,20,23). The van der Waals surface area contributed by atoms with Crippen LogP contribution in [0.25, 0.3) is 0 Å². The smallest absolute Gasteiger partial charge is 0.262 e. The molecule has 2 aromatic carbocycles. The van der Waals surface area contributed by atoms with Gasteiger partial charge in [0.25, 0.3) is 5.91 Å². The number of ether oxygens (including phenoxy) is 1. The molecule has 2 aromatic rings. The van der Waals surface area contributed by atoms with Gasteiger partial charge in [-0.2, -0.15) is 4.31 Å². The predicted molar refractivity (Wildman–Crippen MR) is 101 cm³/mol. The Hall–Kier alpha value is -2.42. The minimum atomic E-state index is -3.61. The number of nitrogens with one attached hydrogen (secondary N) is 1. The third-order valence-electron chi connectivity index (χ3n) is 4.80. The van der Waals surface area contributed by atoms with Crippen LogP contribution in [0.15, 0.2) is 53.4 Å². The van der Waals surface area contributed by atoms with Crippen LogP contribution in [-0.4, -0.2) is 56.3 Å². The van der Waals surface area contributed by atoms with Crippen LogP contribution >= 0.6 is 0 Å². The number of carbonyl (C=O) groups excluding carboxylic acids is 1. The minimum absolute atomic E-state index is 0.0531. The maximum Gasteiger partial charge on any atom is 0.262 e. The molecule has 4 rings (SSSR count). The first-order valence-electron chi connectivity index (χ1n) is 8.85. The van der Waals surface area contributed by atoms with Gasteiger partial charge in [0.15, 0.2) is 6.61 Å². The van der Waals surface area contributed by atoms with Crippen molar-refractivity contribution in [3.8, 4) is 5.75 Å². The van der Waals surface area contributed by atoms with E-state index in [4.69, 9.17) is 4.74 Å². The Kier molecular flexibility index (Phi) is 4.86. The van der Waals surface area contributed by atoms with Crippen molar-refractivity contribution in [2.45, 2.75) is 11.4 Å². The van der Waals surface area contributed by atoms with E-state index in [2.05, 4.69) is 22.3 Å². The molecule has 142 valence electrons. The van der Waals surface area contributed by atoms with Gasteiger partial charge in [-0.3, -0.25) is 9.69 Å². The molecule has 0 aliphatic carbocycles. The monoisotopic (exact) mass is 387 g/mol. The fraction of sp³-hybridized carbons (Fsp3) is 0.316. The van der Waals surface area contributed by atoms with Crippen molar-refractivity contribution < 1.29 is 17.9 Å². The van der Waals surface area contributed by atoms with Gasteiger partial charge in [-0.15, -0.1) is 0 Å². The van der Waals surface area contributed by atoms with Crippen LogP contribution in [0.2, 0.25) is 0 Å². The lowest BCUT2D eigenvalue weighted by Crippen LogP contribution is -2.48. The predicted octanol–water partition coefficient (Wildman–Crippen LogP) is 1.52. The first-order chi connectivity index (χ1) is 13.0. The normalized spacial score (nSPS) is 18.4. The summed E-state index contributed by atoms with van der Waals surface area (Å²) in [4.78, 5) is 13.9. The van der Waals surface area contributed by atoms with Crippen LogP contribution < -0.4 is 10.1 Å². The first kappa shape index (κ1) is 18.0. The number of benzene rings is 2. The molecule has 1 amide bonds. The molecule has 0 bridgehead atoms. The van der Waals surface area contributed by atoms with Crippen molar-refractivity contribution in [3.63, 3.8) is 0 Å². The molecule has 2 heterocycles. The molecule has 8 heteroatoms. The van der Waals surface area contributed by atoms with Gasteiger partial charge in [0.1, 0.15) is 5.75 Å². The van der Waals surface area contributed by atoms with E-state index in [0.29, 0.717) is 37.6 Å². The van der Waals surface area contributed by atoms with E-state index in [0.717, 1.165) is 6.54 Å². The summed E-state index contributed by atoms with van der Waals surface area (Å²) >= 11 is 0. The van der Waals surface area contributed by atoms with Gasteiger partial charge in [-0.25, -0.2) is 8.42 Å². The maximum absolute atomic E-state index is 13.0. The van der Waals surface area contributed by atoms with E-state index in [1.54, 1.807) is 6.07 Å². The summed E-state index contributed by atoms with van der Waals surface area (Å²) in [6, 6.07) is 14.7. The third kappa shape index (κ3) is 3.83. The van der Waals surface area contributed by atoms with E-state index in [9.17, 15) is 13.2 Å². The maximum atomic E-state index is 13.0. The number of hydrogen-bond acceptors (Lipinski definition) is 5. The quantitative estimate of drug-likeness (QED) is 0.861. The zero-order valence-corrected chi connectivity index (χ0v) is 15.6. The summed E-state index contributed by atoms with van der Waals surface area (Å²) in [5.74, 6) is 0.202. The molecule has 0 saturated carbocycles. The van der Waals surface area contributed by atoms with Gasteiger partial charge < -0.3 is 10.1 Å². The van der Waals surface area contributed by atoms with E-state index < -0.39 is 10.0 Å². The highest BCUT2D eigenvalue weighted by atomic mass is 32.2. The Balaban J connectivity index is 1.44. The van der Waals surface area contributed by atoms with E-state index >= 15 is 0 Å². The Morgan fingerprint density at radius 3 is 2.48 bits per heavy atom. The third-order valence-corrected chi connectivity index (χ3v) is 6.70. The summed E-state index contributed by atoms with van der Waals surface area (Å²) < 4.78 is 32.7. The minimum Gasteiger partial charge on any atom is -0.482 e. The lowest BCUT2D eigenvalue weighted by Gasteiger charge is -2.34. The molecule has 0 aromatic heterocycles. The van der Waals surface area contributed by atoms with Crippen LogP contribution in [-0.2, 0) is 21.4 Å². The molecule has 0 unspecified atom stereocenters. The van der Waals surface area contributed by atoms with E-state index in [1.807, 2.05) is 18.2 Å². The molecule has 0 spiro atoms. The zero-order valence-electron chi connectivity index (χ0n) is 14.8. The summed E-state index contributed by atoms with van der Waals surface area (Å²) in [5, 5.41) is 2.65. The van der Waals surface area contributed by atoms with Gasteiger partial charge >= 0.3 is 0 Å². The average Bonchev–Trinajstić information content (AvgIpc) is 2.68. The molecule has 2 aliphatic heterocycles. The number of rotatable bonds is 4. The molecule has 1 N–H and O–H groups in total. The van der Waals surface area contributed by atoms with Crippen molar-refractivity contribution in [2.24, 2.45) is 0 Å². The second-order valence-corrected chi connectivity index (χ2v) is 8.60. The number of nitrogens with zero attached hydrogens (tertiary/aromatic N) is 2. The molecule has 0 radical (unpaired) electrons. The fourth-order valence-electron chi connectivity index (χ4n) is 3.34. The van der Waals surface area contributed by atoms with Crippen molar-refractivity contribution in [1.82, 2.24) is 9.21 Å². The average molecular weight is 387 g/mol. The van der Waals surface area contributed by atoms with Crippen molar-refractivity contribution >= 4 is 21.6 Å². The molecule has 0 atom stereocenters. The van der Waals surface area contributed by atoms with Crippen molar-refractivity contribution in [1.29, 1.82) is 0 Å². The second-order valence-electron chi connectivity index (χ2n) is 6.66. The number of fused-ring (bicyclic) bond motifs is 1. The summed E-state index contributed by atoms with van der Waals surface area (Å²) in [6.07, 6.45) is 0.